The molecule has 2 rings (SSSR count). The zero-order valence-corrected chi connectivity index (χ0v) is 10.1. The van der Waals surface area contributed by atoms with Gasteiger partial charge >= 0.3 is 0 Å². The van der Waals surface area contributed by atoms with Crippen molar-refractivity contribution in [3.05, 3.63) is 24.0 Å². The Morgan fingerprint density at radius 2 is 1.94 bits per heavy atom. The van der Waals surface area contributed by atoms with Crippen LogP contribution in [0.5, 0.6) is 0 Å². The van der Waals surface area contributed by atoms with Gasteiger partial charge in [-0.3, -0.25) is 0 Å². The molecule has 1 saturated carbocycles. The van der Waals surface area contributed by atoms with Gasteiger partial charge in [-0.1, -0.05) is 12.8 Å². The lowest BCUT2D eigenvalue weighted by Gasteiger charge is -2.13. The van der Waals surface area contributed by atoms with Crippen LogP contribution in [0.1, 0.15) is 25.7 Å². The maximum Gasteiger partial charge on any atom is 0.242 e. The number of hydrogen-bond acceptors (Lipinski definition) is 3. The fraction of sp³-hybridized carbons (Fsp3) is 0.455. The Morgan fingerprint density at radius 3 is 2.59 bits per heavy atom. The number of sulfonamides is 1. The van der Waals surface area contributed by atoms with E-state index >= 15 is 0 Å². The lowest BCUT2D eigenvalue weighted by molar-refractivity contribution is 0.550. The highest BCUT2D eigenvalue weighted by atomic mass is 32.2. The molecule has 4 nitrogen and oxygen atoms in total. The maximum absolute atomic E-state index is 13.0. The van der Waals surface area contributed by atoms with E-state index in [0.29, 0.717) is 0 Å². The molecule has 0 spiro atoms. The van der Waals surface area contributed by atoms with Crippen molar-refractivity contribution in [1.82, 2.24) is 4.72 Å². The molecule has 0 heterocycles. The molecule has 0 saturated heterocycles. The quantitative estimate of drug-likeness (QED) is 0.809. The molecule has 6 heteroatoms. The van der Waals surface area contributed by atoms with Gasteiger partial charge in [-0.15, -0.1) is 0 Å². The first-order valence-electron chi connectivity index (χ1n) is 5.56. The van der Waals surface area contributed by atoms with Crippen LogP contribution in [0.15, 0.2) is 23.1 Å². The number of anilines is 1. The Kier molecular flexibility index (Phi) is 3.35. The Bertz CT molecular complexity index is 510. The fourth-order valence-electron chi connectivity index (χ4n) is 2.07. The van der Waals surface area contributed by atoms with Crippen molar-refractivity contribution < 1.29 is 12.8 Å². The van der Waals surface area contributed by atoms with Crippen LogP contribution in [0.25, 0.3) is 0 Å². The van der Waals surface area contributed by atoms with E-state index in [2.05, 4.69) is 4.72 Å². The molecule has 0 unspecified atom stereocenters. The van der Waals surface area contributed by atoms with Gasteiger partial charge in [0.1, 0.15) is 10.7 Å². The van der Waals surface area contributed by atoms with Gasteiger partial charge in [0, 0.05) is 6.04 Å². The monoisotopic (exact) mass is 258 g/mol. The van der Waals surface area contributed by atoms with E-state index in [1.165, 1.54) is 6.07 Å². The summed E-state index contributed by atoms with van der Waals surface area (Å²) in [6, 6.07) is 3.30. The molecule has 1 aliphatic carbocycles. The molecule has 0 radical (unpaired) electrons. The van der Waals surface area contributed by atoms with Crippen LogP contribution >= 0.6 is 0 Å². The molecule has 0 amide bonds. The summed E-state index contributed by atoms with van der Waals surface area (Å²) in [6.45, 7) is 0. The lowest BCUT2D eigenvalue weighted by atomic mass is 10.3. The summed E-state index contributed by atoms with van der Waals surface area (Å²) in [6.07, 6.45) is 3.69. The second kappa shape index (κ2) is 4.62. The minimum atomic E-state index is -3.71. The van der Waals surface area contributed by atoms with Gasteiger partial charge in [0.2, 0.25) is 10.0 Å². The van der Waals surface area contributed by atoms with Gasteiger partial charge in [-0.05, 0) is 31.0 Å². The van der Waals surface area contributed by atoms with Crippen molar-refractivity contribution in [2.24, 2.45) is 0 Å². The average Bonchev–Trinajstić information content (AvgIpc) is 2.73. The van der Waals surface area contributed by atoms with Gasteiger partial charge in [-0.2, -0.15) is 0 Å². The second-order valence-corrected chi connectivity index (χ2v) is 5.97. The molecular weight excluding hydrogens is 243 g/mol. The van der Waals surface area contributed by atoms with E-state index in [1.54, 1.807) is 0 Å². The summed E-state index contributed by atoms with van der Waals surface area (Å²) in [5.41, 5.74) is 5.63. The Hall–Kier alpha value is -1.14. The normalized spacial score (nSPS) is 17.5. The fourth-order valence-corrected chi connectivity index (χ4v) is 3.52. The highest BCUT2D eigenvalue weighted by molar-refractivity contribution is 7.89. The zero-order chi connectivity index (χ0) is 12.5. The van der Waals surface area contributed by atoms with Crippen LogP contribution in [0.2, 0.25) is 0 Å². The molecule has 0 aliphatic heterocycles. The molecule has 1 fully saturated rings. The largest absolute Gasteiger partial charge is 0.398 e. The summed E-state index contributed by atoms with van der Waals surface area (Å²) in [7, 11) is -3.71. The van der Waals surface area contributed by atoms with Crippen molar-refractivity contribution in [2.45, 2.75) is 36.6 Å². The molecule has 94 valence electrons. The van der Waals surface area contributed by atoms with Crippen LogP contribution in [0, 0.1) is 5.82 Å². The van der Waals surface area contributed by atoms with Crippen LogP contribution in [-0.2, 0) is 10.0 Å². The number of nitrogen functional groups attached to an aromatic ring is 1. The Labute approximate surface area is 100 Å². The third-order valence-corrected chi connectivity index (χ3v) is 4.52. The lowest BCUT2D eigenvalue weighted by Crippen LogP contribution is -2.33. The third-order valence-electron chi connectivity index (χ3n) is 2.94. The highest BCUT2D eigenvalue weighted by Crippen LogP contribution is 2.23. The maximum atomic E-state index is 13.0. The Balaban J connectivity index is 2.27. The van der Waals surface area contributed by atoms with Crippen LogP contribution in [-0.4, -0.2) is 14.5 Å². The molecule has 17 heavy (non-hydrogen) atoms. The van der Waals surface area contributed by atoms with Gasteiger partial charge in [0.05, 0.1) is 5.69 Å². The smallest absolute Gasteiger partial charge is 0.242 e. The van der Waals surface area contributed by atoms with Crippen LogP contribution < -0.4 is 10.5 Å². The molecule has 3 N–H and O–H groups in total. The van der Waals surface area contributed by atoms with E-state index in [-0.39, 0.29) is 16.6 Å². The van der Waals surface area contributed by atoms with E-state index in [4.69, 9.17) is 5.73 Å². The van der Waals surface area contributed by atoms with Crippen molar-refractivity contribution >= 4 is 15.7 Å². The van der Waals surface area contributed by atoms with E-state index in [9.17, 15) is 12.8 Å². The molecule has 0 atom stereocenters. The minimum absolute atomic E-state index is 0.0531. The van der Waals surface area contributed by atoms with Gasteiger partial charge in [0.15, 0.2) is 0 Å². The van der Waals surface area contributed by atoms with E-state index in [0.717, 1.165) is 37.8 Å². The van der Waals surface area contributed by atoms with E-state index in [1.807, 2.05) is 0 Å². The summed E-state index contributed by atoms with van der Waals surface area (Å²) >= 11 is 0. The second-order valence-electron chi connectivity index (χ2n) is 4.28. The SMILES string of the molecule is Nc1ccc(F)cc1S(=O)(=O)NC1CCCC1. The molecule has 0 aromatic heterocycles. The topological polar surface area (TPSA) is 72.2 Å². The number of hydrogen-bond donors (Lipinski definition) is 2. The van der Waals surface area contributed by atoms with Crippen LogP contribution in [0.4, 0.5) is 10.1 Å². The zero-order valence-electron chi connectivity index (χ0n) is 9.32. The number of benzene rings is 1. The van der Waals surface area contributed by atoms with E-state index < -0.39 is 15.8 Å². The number of nitrogens with two attached hydrogens (primary N) is 1. The summed E-state index contributed by atoms with van der Waals surface area (Å²) < 4.78 is 39.6. The van der Waals surface area contributed by atoms with Gasteiger partial charge in [-0.25, -0.2) is 17.5 Å². The summed E-state index contributed by atoms with van der Waals surface area (Å²) in [5.74, 6) is -0.606. The molecular formula is C11H15FN2O2S. The molecule has 1 aromatic rings. The predicted octanol–water partition coefficient (Wildman–Crippen LogP) is 1.63. The predicted molar refractivity (Wildman–Crippen MR) is 63.4 cm³/mol. The first-order chi connectivity index (χ1) is 7.99. The standard InChI is InChI=1S/C11H15FN2O2S/c12-8-5-6-10(13)11(7-8)17(15,16)14-9-3-1-2-4-9/h5-7,9,14H,1-4,13H2. The molecule has 1 aromatic carbocycles. The average molecular weight is 258 g/mol. The number of nitrogens with one attached hydrogen (secondary N) is 1. The van der Waals surface area contributed by atoms with Crippen molar-refractivity contribution in [2.75, 3.05) is 5.73 Å². The van der Waals surface area contributed by atoms with Crippen LogP contribution in [0.3, 0.4) is 0 Å². The van der Waals surface area contributed by atoms with Crippen molar-refractivity contribution in [3.8, 4) is 0 Å². The highest BCUT2D eigenvalue weighted by Gasteiger charge is 2.24. The van der Waals surface area contributed by atoms with Gasteiger partial charge < -0.3 is 5.73 Å². The molecule has 1 aliphatic rings. The first-order valence-corrected chi connectivity index (χ1v) is 7.05. The van der Waals surface area contributed by atoms with Gasteiger partial charge in [0.25, 0.3) is 0 Å². The number of rotatable bonds is 3. The Morgan fingerprint density at radius 1 is 1.29 bits per heavy atom. The summed E-state index contributed by atoms with van der Waals surface area (Å²) in [5, 5.41) is 0. The first kappa shape index (κ1) is 12.3. The minimum Gasteiger partial charge on any atom is -0.398 e. The summed E-state index contributed by atoms with van der Waals surface area (Å²) in [4.78, 5) is -0.176. The van der Waals surface area contributed by atoms with Crippen molar-refractivity contribution in [3.63, 3.8) is 0 Å². The number of halogens is 1. The third kappa shape index (κ3) is 2.76. The molecule has 0 bridgehead atoms. The van der Waals surface area contributed by atoms with Crippen molar-refractivity contribution in [1.29, 1.82) is 0 Å².